The molecule has 3 unspecified atom stereocenters. The second-order valence-electron chi connectivity index (χ2n) is 10.1. The third kappa shape index (κ3) is 6.28. The van der Waals surface area contributed by atoms with Gasteiger partial charge in [-0.2, -0.15) is 8.78 Å². The van der Waals surface area contributed by atoms with Crippen molar-refractivity contribution in [1.29, 1.82) is 0 Å². The van der Waals surface area contributed by atoms with Gasteiger partial charge in [0, 0.05) is 19.1 Å². The molecule has 4 aliphatic rings. The summed E-state index contributed by atoms with van der Waals surface area (Å²) in [6.45, 7) is 9.04. The van der Waals surface area contributed by atoms with Crippen molar-refractivity contribution < 1.29 is 37.3 Å². The lowest BCUT2D eigenvalue weighted by atomic mass is 9.49. The van der Waals surface area contributed by atoms with Gasteiger partial charge in [0.05, 0.1) is 13.2 Å². The van der Waals surface area contributed by atoms with Crippen molar-refractivity contribution in [3.63, 3.8) is 0 Å². The summed E-state index contributed by atoms with van der Waals surface area (Å²) in [4.78, 5) is 23.1. The zero-order valence-corrected chi connectivity index (χ0v) is 19.4. The van der Waals surface area contributed by atoms with E-state index in [2.05, 4.69) is 6.58 Å². The van der Waals surface area contributed by atoms with E-state index in [0.717, 1.165) is 38.5 Å². The minimum absolute atomic E-state index is 0.0164. The number of unbranched alkanes of at least 4 members (excludes halogenated alkanes) is 1. The first-order chi connectivity index (χ1) is 15.0. The zero-order valence-electron chi connectivity index (χ0n) is 19.4. The van der Waals surface area contributed by atoms with Gasteiger partial charge in [-0.15, -0.1) is 0 Å². The van der Waals surface area contributed by atoms with Gasteiger partial charge in [-0.3, -0.25) is 0 Å². The highest BCUT2D eigenvalue weighted by Gasteiger charge is 2.57. The summed E-state index contributed by atoms with van der Waals surface area (Å²) in [5, 5.41) is 0. The van der Waals surface area contributed by atoms with Crippen LogP contribution in [0, 0.1) is 23.2 Å². The Kier molecular flexibility index (Phi) is 7.97. The van der Waals surface area contributed by atoms with E-state index >= 15 is 0 Å². The number of carbonyl (C=O) groups is 2. The number of esters is 2. The number of hydrogen-bond acceptors (Lipinski definition) is 6. The highest BCUT2D eigenvalue weighted by Crippen LogP contribution is 2.61. The highest BCUT2D eigenvalue weighted by atomic mass is 19.3. The number of hydrogen-bond donors (Lipinski definition) is 0. The summed E-state index contributed by atoms with van der Waals surface area (Å²) in [5.41, 5.74) is 0.406. The maximum Gasteiger partial charge on any atom is 0.376 e. The summed E-state index contributed by atoms with van der Waals surface area (Å²) in [5.74, 6) is -4.42. The van der Waals surface area contributed by atoms with Crippen LogP contribution in [0.3, 0.4) is 0 Å². The van der Waals surface area contributed by atoms with Gasteiger partial charge in [0.25, 0.3) is 0 Å². The summed E-state index contributed by atoms with van der Waals surface area (Å²) >= 11 is 0. The number of rotatable bonds is 12. The SMILES string of the molecule is C=C(C)C(=O)OCCCCOC(C)OCC12CC3CC(C1)C(OC(=O)C(C)(F)F)C(C3)C2. The third-order valence-corrected chi connectivity index (χ3v) is 7.01. The Morgan fingerprint density at radius 3 is 2.31 bits per heavy atom. The molecule has 0 aliphatic heterocycles. The van der Waals surface area contributed by atoms with Crippen LogP contribution in [0.2, 0.25) is 0 Å². The van der Waals surface area contributed by atoms with Crippen LogP contribution >= 0.6 is 0 Å². The van der Waals surface area contributed by atoms with Crippen molar-refractivity contribution in [3.05, 3.63) is 12.2 Å². The van der Waals surface area contributed by atoms with E-state index in [0.29, 0.717) is 44.7 Å². The van der Waals surface area contributed by atoms with Gasteiger partial charge in [0.2, 0.25) is 0 Å². The van der Waals surface area contributed by atoms with Crippen LogP contribution in [0.25, 0.3) is 0 Å². The molecule has 3 atom stereocenters. The highest BCUT2D eigenvalue weighted by molar-refractivity contribution is 5.86. The Labute approximate surface area is 189 Å². The fourth-order valence-electron chi connectivity index (χ4n) is 5.83. The second-order valence-corrected chi connectivity index (χ2v) is 10.1. The Morgan fingerprint density at radius 2 is 1.72 bits per heavy atom. The topological polar surface area (TPSA) is 71.1 Å². The fraction of sp³-hybridized carbons (Fsp3) is 0.833. The molecule has 0 amide bonds. The molecule has 6 nitrogen and oxygen atoms in total. The number of carbonyl (C=O) groups excluding carboxylic acids is 2. The first-order valence-corrected chi connectivity index (χ1v) is 11.6. The van der Waals surface area contributed by atoms with Crippen molar-refractivity contribution in [2.45, 2.75) is 84.0 Å². The van der Waals surface area contributed by atoms with Crippen LogP contribution < -0.4 is 0 Å². The first-order valence-electron chi connectivity index (χ1n) is 11.6. The molecule has 0 aromatic heterocycles. The van der Waals surface area contributed by atoms with E-state index in [1.165, 1.54) is 0 Å². The molecule has 0 N–H and O–H groups in total. The van der Waals surface area contributed by atoms with Gasteiger partial charge < -0.3 is 18.9 Å². The quantitative estimate of drug-likeness (QED) is 0.183. The van der Waals surface area contributed by atoms with Gasteiger partial charge in [0.1, 0.15) is 6.10 Å². The van der Waals surface area contributed by atoms with Crippen molar-refractivity contribution in [3.8, 4) is 0 Å². The fourth-order valence-corrected chi connectivity index (χ4v) is 5.83. The lowest BCUT2D eigenvalue weighted by molar-refractivity contribution is -0.217. The lowest BCUT2D eigenvalue weighted by Crippen LogP contribution is -2.56. The normalized spacial score (nSPS) is 31.9. The number of ether oxygens (including phenoxy) is 4. The number of halogens is 2. The molecule has 0 aromatic carbocycles. The van der Waals surface area contributed by atoms with Gasteiger partial charge in [-0.25, -0.2) is 9.59 Å². The molecule has 0 heterocycles. The van der Waals surface area contributed by atoms with Crippen molar-refractivity contribution in [1.82, 2.24) is 0 Å². The van der Waals surface area contributed by atoms with Crippen molar-refractivity contribution in [2.24, 2.45) is 23.2 Å². The molecular formula is C24H36F2O6. The van der Waals surface area contributed by atoms with Crippen molar-refractivity contribution in [2.75, 3.05) is 19.8 Å². The summed E-state index contributed by atoms with van der Waals surface area (Å²) in [7, 11) is 0. The Hall–Kier alpha value is -1.54. The average molecular weight is 459 g/mol. The predicted molar refractivity (Wildman–Crippen MR) is 113 cm³/mol. The van der Waals surface area contributed by atoms with Gasteiger partial charge >= 0.3 is 17.9 Å². The molecule has 0 saturated heterocycles. The summed E-state index contributed by atoms with van der Waals surface area (Å²) in [6.07, 6.45) is 5.34. The van der Waals surface area contributed by atoms with Gasteiger partial charge in [-0.05, 0) is 82.0 Å². The smallest absolute Gasteiger partial charge is 0.376 e. The molecule has 4 saturated carbocycles. The van der Waals surface area contributed by atoms with Crippen LogP contribution in [-0.4, -0.2) is 50.1 Å². The molecule has 4 aliphatic carbocycles. The van der Waals surface area contributed by atoms with Crippen LogP contribution in [0.5, 0.6) is 0 Å². The lowest BCUT2D eigenvalue weighted by Gasteiger charge is -2.59. The molecule has 8 heteroatoms. The molecular weight excluding hydrogens is 422 g/mol. The third-order valence-electron chi connectivity index (χ3n) is 7.01. The molecule has 4 rings (SSSR count). The van der Waals surface area contributed by atoms with E-state index in [1.807, 2.05) is 6.92 Å². The monoisotopic (exact) mass is 458 g/mol. The van der Waals surface area contributed by atoms with Crippen molar-refractivity contribution >= 4 is 11.9 Å². The largest absolute Gasteiger partial charge is 0.462 e. The first kappa shape index (κ1) is 25.1. The molecule has 0 spiro atoms. The zero-order chi connectivity index (χ0) is 23.5. The Bertz CT molecular complexity index is 687. The van der Waals surface area contributed by atoms with Crippen LogP contribution in [-0.2, 0) is 28.5 Å². The van der Waals surface area contributed by atoms with Crippen LogP contribution in [0.4, 0.5) is 8.78 Å². The minimum atomic E-state index is -3.45. The van der Waals surface area contributed by atoms with E-state index in [-0.39, 0.29) is 29.5 Å². The maximum atomic E-state index is 13.3. The summed E-state index contributed by atoms with van der Waals surface area (Å²) in [6, 6.07) is 0. The second kappa shape index (κ2) is 10.2. The number of alkyl halides is 2. The van der Waals surface area contributed by atoms with Gasteiger partial charge in [0.15, 0.2) is 6.29 Å². The molecule has 0 radical (unpaired) electrons. The van der Waals surface area contributed by atoms with E-state index in [9.17, 15) is 18.4 Å². The average Bonchev–Trinajstić information content (AvgIpc) is 2.70. The Morgan fingerprint density at radius 1 is 1.09 bits per heavy atom. The molecule has 4 fully saturated rings. The maximum absolute atomic E-state index is 13.3. The summed E-state index contributed by atoms with van der Waals surface area (Å²) < 4.78 is 48.7. The standard InChI is InChI=1S/C24H36F2O6/c1-15(2)21(27)30-8-6-5-7-29-16(3)31-14-24-11-17-9-18(12-24)20(19(10-17)13-24)32-22(28)23(4,25)26/h16-20H,1,5-14H2,2-4H3. The Balaban J connectivity index is 1.38. The van der Waals surface area contributed by atoms with E-state index in [1.54, 1.807) is 6.92 Å². The minimum Gasteiger partial charge on any atom is -0.462 e. The van der Waals surface area contributed by atoms with Crippen LogP contribution in [0.15, 0.2) is 12.2 Å². The predicted octanol–water partition coefficient (Wildman–Crippen LogP) is 4.66. The van der Waals surface area contributed by atoms with E-state index < -0.39 is 18.0 Å². The molecule has 32 heavy (non-hydrogen) atoms. The molecule has 182 valence electrons. The molecule has 0 aromatic rings. The van der Waals surface area contributed by atoms with Gasteiger partial charge in [-0.1, -0.05) is 6.58 Å². The molecule has 4 bridgehead atoms. The van der Waals surface area contributed by atoms with E-state index in [4.69, 9.17) is 18.9 Å². The van der Waals surface area contributed by atoms with Crippen LogP contribution in [0.1, 0.15) is 65.7 Å².